The first kappa shape index (κ1) is 22.7. The summed E-state index contributed by atoms with van der Waals surface area (Å²) >= 11 is 0. The Balaban J connectivity index is 4.23. The fourth-order valence-corrected chi connectivity index (χ4v) is 2.43. The first-order valence-corrected chi connectivity index (χ1v) is 9.37. The van der Waals surface area contributed by atoms with E-state index in [4.69, 9.17) is 0 Å². The Morgan fingerprint density at radius 2 is 1.62 bits per heavy atom. The van der Waals surface area contributed by atoms with Crippen molar-refractivity contribution in [2.45, 2.75) is 66.3 Å². The number of aliphatic imine (C=N–C) groups is 1. The maximum absolute atomic E-state index is 11.9. The van der Waals surface area contributed by atoms with E-state index in [1.54, 1.807) is 0 Å². The van der Waals surface area contributed by atoms with Crippen LogP contribution in [-0.2, 0) is 4.79 Å². The number of carbonyl (C=O) groups is 1. The van der Waals surface area contributed by atoms with E-state index in [0.717, 1.165) is 39.1 Å². The van der Waals surface area contributed by atoms with Crippen LogP contribution in [0.4, 0.5) is 0 Å². The highest BCUT2D eigenvalue weighted by Gasteiger charge is 2.13. The van der Waals surface area contributed by atoms with E-state index < -0.39 is 0 Å². The van der Waals surface area contributed by atoms with E-state index in [1.165, 1.54) is 12.8 Å². The highest BCUT2D eigenvalue weighted by atomic mass is 16.2. The maximum Gasteiger partial charge on any atom is 0.242 e. The minimum atomic E-state index is -0.222. The molecule has 0 aliphatic carbocycles. The highest BCUT2D eigenvalue weighted by molar-refractivity contribution is 5.85. The lowest BCUT2D eigenvalue weighted by atomic mass is 10.1. The summed E-state index contributed by atoms with van der Waals surface area (Å²) in [7, 11) is 0. The molecule has 0 atom stereocenters. The minimum Gasteiger partial charge on any atom is -0.357 e. The quantitative estimate of drug-likeness (QED) is 0.305. The molecule has 0 fully saturated rings. The van der Waals surface area contributed by atoms with Gasteiger partial charge in [-0.2, -0.15) is 0 Å². The molecule has 0 aromatic rings. The number of hydrogen-bond acceptors (Lipinski definition) is 3. The summed E-state index contributed by atoms with van der Waals surface area (Å²) in [6.45, 7) is 17.6. The van der Waals surface area contributed by atoms with E-state index in [1.807, 2.05) is 27.7 Å². The zero-order chi connectivity index (χ0) is 18.4. The summed E-state index contributed by atoms with van der Waals surface area (Å²) in [6, 6.07) is 0. The summed E-state index contributed by atoms with van der Waals surface area (Å²) in [6.07, 6.45) is 3.46. The van der Waals surface area contributed by atoms with Crippen LogP contribution >= 0.6 is 0 Å². The average Bonchev–Trinajstić information content (AvgIpc) is 2.47. The van der Waals surface area contributed by atoms with E-state index in [2.05, 4.69) is 39.7 Å². The molecule has 0 aromatic heterocycles. The normalized spacial score (nSPS) is 12.4. The summed E-state index contributed by atoms with van der Waals surface area (Å²) in [5.41, 5.74) is -0.222. The Morgan fingerprint density at radius 1 is 1.00 bits per heavy atom. The van der Waals surface area contributed by atoms with Crippen LogP contribution in [0.1, 0.15) is 60.8 Å². The SMILES string of the molecule is CCCN(CCC)CCCNC(=NCC(=O)NC(C)(C)C)NCC. The summed E-state index contributed by atoms with van der Waals surface area (Å²) < 4.78 is 0. The van der Waals surface area contributed by atoms with Crippen molar-refractivity contribution in [3.8, 4) is 0 Å². The zero-order valence-corrected chi connectivity index (χ0v) is 16.7. The molecule has 0 aliphatic heterocycles. The van der Waals surface area contributed by atoms with Crippen molar-refractivity contribution in [1.29, 1.82) is 0 Å². The van der Waals surface area contributed by atoms with Gasteiger partial charge in [0.2, 0.25) is 5.91 Å². The minimum absolute atomic E-state index is 0.0585. The first-order valence-electron chi connectivity index (χ1n) is 9.37. The number of guanidine groups is 1. The molecule has 1 amide bonds. The van der Waals surface area contributed by atoms with Gasteiger partial charge < -0.3 is 20.9 Å². The smallest absolute Gasteiger partial charge is 0.242 e. The molecule has 0 heterocycles. The molecule has 0 radical (unpaired) electrons. The molecule has 0 bridgehead atoms. The van der Waals surface area contributed by atoms with Crippen molar-refractivity contribution < 1.29 is 4.79 Å². The Morgan fingerprint density at radius 3 is 2.12 bits per heavy atom. The van der Waals surface area contributed by atoms with Gasteiger partial charge in [0, 0.05) is 18.6 Å². The molecule has 24 heavy (non-hydrogen) atoms. The molecule has 0 unspecified atom stereocenters. The number of carbonyl (C=O) groups excluding carboxylic acids is 1. The molecule has 0 spiro atoms. The van der Waals surface area contributed by atoms with E-state index in [-0.39, 0.29) is 18.0 Å². The number of nitrogens with zero attached hydrogens (tertiary/aromatic N) is 2. The van der Waals surface area contributed by atoms with Gasteiger partial charge in [-0.1, -0.05) is 13.8 Å². The van der Waals surface area contributed by atoms with Crippen LogP contribution in [0.2, 0.25) is 0 Å². The average molecular weight is 342 g/mol. The van der Waals surface area contributed by atoms with Gasteiger partial charge in [-0.25, -0.2) is 4.99 Å². The second-order valence-corrected chi connectivity index (χ2v) is 7.12. The van der Waals surface area contributed by atoms with Crippen LogP contribution in [0, 0.1) is 0 Å². The summed E-state index contributed by atoms with van der Waals surface area (Å²) in [4.78, 5) is 18.7. The van der Waals surface area contributed by atoms with E-state index >= 15 is 0 Å². The van der Waals surface area contributed by atoms with Crippen molar-refractivity contribution in [2.24, 2.45) is 4.99 Å². The fraction of sp³-hybridized carbons (Fsp3) is 0.889. The lowest BCUT2D eigenvalue weighted by Crippen LogP contribution is -2.43. The van der Waals surface area contributed by atoms with E-state index in [9.17, 15) is 4.79 Å². The van der Waals surface area contributed by atoms with Gasteiger partial charge in [-0.15, -0.1) is 0 Å². The van der Waals surface area contributed by atoms with Crippen LogP contribution in [-0.4, -0.2) is 61.6 Å². The van der Waals surface area contributed by atoms with E-state index in [0.29, 0.717) is 5.96 Å². The predicted molar refractivity (Wildman–Crippen MR) is 104 cm³/mol. The Kier molecular flexibility index (Phi) is 12.3. The van der Waals surface area contributed by atoms with Crippen molar-refractivity contribution in [2.75, 3.05) is 39.3 Å². The predicted octanol–water partition coefficient (Wildman–Crippen LogP) is 1.97. The number of rotatable bonds is 11. The molecule has 6 nitrogen and oxygen atoms in total. The third kappa shape index (κ3) is 13.2. The fourth-order valence-electron chi connectivity index (χ4n) is 2.43. The highest BCUT2D eigenvalue weighted by Crippen LogP contribution is 1.98. The van der Waals surface area contributed by atoms with Gasteiger partial charge in [-0.3, -0.25) is 4.79 Å². The molecule has 0 saturated carbocycles. The van der Waals surface area contributed by atoms with Crippen LogP contribution < -0.4 is 16.0 Å². The van der Waals surface area contributed by atoms with Crippen molar-refractivity contribution in [3.63, 3.8) is 0 Å². The van der Waals surface area contributed by atoms with Gasteiger partial charge in [-0.05, 0) is 66.6 Å². The molecule has 0 aliphatic rings. The van der Waals surface area contributed by atoms with Crippen molar-refractivity contribution >= 4 is 11.9 Å². The number of amides is 1. The lowest BCUT2D eigenvalue weighted by molar-refractivity contribution is -0.121. The number of hydrogen-bond donors (Lipinski definition) is 3. The van der Waals surface area contributed by atoms with Gasteiger partial charge >= 0.3 is 0 Å². The lowest BCUT2D eigenvalue weighted by Gasteiger charge is -2.21. The van der Waals surface area contributed by atoms with Gasteiger partial charge in [0.15, 0.2) is 5.96 Å². The van der Waals surface area contributed by atoms with Crippen LogP contribution in [0.25, 0.3) is 0 Å². The molecule has 0 saturated heterocycles. The number of nitrogens with one attached hydrogen (secondary N) is 3. The largest absolute Gasteiger partial charge is 0.357 e. The summed E-state index contributed by atoms with van der Waals surface area (Å²) in [5, 5.41) is 9.41. The molecular weight excluding hydrogens is 302 g/mol. The standard InChI is InChI=1S/C18H39N5O/c1-7-12-23(13-8-2)14-10-11-20-17(19-9-3)21-15-16(24)22-18(4,5)6/h7-15H2,1-6H3,(H,22,24)(H2,19,20,21). The topological polar surface area (TPSA) is 68.8 Å². The van der Waals surface area contributed by atoms with Crippen molar-refractivity contribution in [3.05, 3.63) is 0 Å². The molecule has 142 valence electrons. The van der Waals surface area contributed by atoms with Gasteiger partial charge in [0.1, 0.15) is 6.54 Å². The molecule has 6 heteroatoms. The third-order valence-corrected chi connectivity index (χ3v) is 3.26. The third-order valence-electron chi connectivity index (χ3n) is 3.26. The zero-order valence-electron chi connectivity index (χ0n) is 16.7. The van der Waals surface area contributed by atoms with Crippen molar-refractivity contribution in [1.82, 2.24) is 20.9 Å². The first-order chi connectivity index (χ1) is 11.3. The maximum atomic E-state index is 11.9. The molecule has 0 aromatic carbocycles. The molecule has 3 N–H and O–H groups in total. The second-order valence-electron chi connectivity index (χ2n) is 7.12. The summed E-state index contributed by atoms with van der Waals surface area (Å²) in [5.74, 6) is 0.649. The Bertz CT molecular complexity index is 357. The van der Waals surface area contributed by atoms with Crippen LogP contribution in [0.5, 0.6) is 0 Å². The molecule has 0 rings (SSSR count). The second kappa shape index (κ2) is 13.0. The van der Waals surface area contributed by atoms with Gasteiger partial charge in [0.05, 0.1) is 0 Å². The van der Waals surface area contributed by atoms with Crippen LogP contribution in [0.15, 0.2) is 4.99 Å². The Labute approximate surface area is 148 Å². The Hall–Kier alpha value is -1.30. The monoisotopic (exact) mass is 341 g/mol. The molecular formula is C18H39N5O. The van der Waals surface area contributed by atoms with Crippen LogP contribution in [0.3, 0.4) is 0 Å². The van der Waals surface area contributed by atoms with Gasteiger partial charge in [0.25, 0.3) is 0 Å².